The fourth-order valence-corrected chi connectivity index (χ4v) is 8.60. The minimum atomic E-state index is -0.422. The molecule has 3 amide bonds. The molecule has 1 saturated heterocycles. The van der Waals surface area contributed by atoms with Gasteiger partial charge in [-0.3, -0.25) is 14.4 Å². The van der Waals surface area contributed by atoms with Gasteiger partial charge in [0, 0.05) is 49.0 Å². The molecule has 4 atom stereocenters. The molecule has 1 aromatic carbocycles. The molecule has 3 unspecified atom stereocenters. The van der Waals surface area contributed by atoms with Gasteiger partial charge in [0.15, 0.2) is 0 Å². The number of benzene rings is 1. The Morgan fingerprint density at radius 1 is 0.978 bits per heavy atom. The number of nitrogens with two attached hydrogens (primary N) is 1. The van der Waals surface area contributed by atoms with Crippen LogP contribution in [0.2, 0.25) is 0 Å². The zero-order valence-corrected chi connectivity index (χ0v) is 27.4. The first-order valence-corrected chi connectivity index (χ1v) is 17.1. The lowest BCUT2D eigenvalue weighted by atomic mass is 9.50. The van der Waals surface area contributed by atoms with Crippen LogP contribution in [0.15, 0.2) is 24.3 Å². The van der Waals surface area contributed by atoms with E-state index in [1.807, 2.05) is 13.8 Å². The number of hydrogen-bond donors (Lipinski definition) is 4. The summed E-state index contributed by atoms with van der Waals surface area (Å²) in [6, 6.07) is 5.46. The number of hydrogen-bond acceptors (Lipinski definition) is 6. The molecule has 3 aliphatic carbocycles. The Hall–Kier alpha value is -2.56. The molecule has 2 bridgehead atoms. The van der Waals surface area contributed by atoms with Crippen molar-refractivity contribution in [3.8, 4) is 0 Å². The van der Waals surface area contributed by atoms with Gasteiger partial charge >= 0.3 is 0 Å². The molecule has 3 saturated carbocycles. The van der Waals surface area contributed by atoms with Crippen LogP contribution in [-0.4, -0.2) is 54.1 Å². The maximum Gasteiger partial charge on any atom is 0.251 e. The van der Waals surface area contributed by atoms with Gasteiger partial charge in [-0.1, -0.05) is 19.8 Å². The van der Waals surface area contributed by atoms with Crippen molar-refractivity contribution in [1.82, 2.24) is 16.0 Å². The van der Waals surface area contributed by atoms with E-state index in [-0.39, 0.29) is 46.6 Å². The number of fused-ring (bicyclic) bond motifs is 3. The van der Waals surface area contributed by atoms with Gasteiger partial charge in [-0.2, -0.15) is 0 Å². The predicted octanol–water partition coefficient (Wildman–Crippen LogP) is 4.93. The molecule has 1 aliphatic heterocycles. The van der Waals surface area contributed by atoms with Gasteiger partial charge in [0.2, 0.25) is 11.8 Å². The van der Waals surface area contributed by atoms with Gasteiger partial charge in [-0.25, -0.2) is 14.2 Å². The molecule has 4 aliphatic rings. The fourth-order valence-electron chi connectivity index (χ4n) is 8.60. The summed E-state index contributed by atoms with van der Waals surface area (Å²) in [5.41, 5.74) is 4.95. The Labute approximate surface area is 267 Å². The second-order valence-corrected chi connectivity index (χ2v) is 15.1. The SMILES string of the molecule is CCC1CC2(C(=O)NCCCNC(=O)c3ccc(F)cc3)CCCC(C2)[C@]12CC1(CCC(CC(=O)NCC(C)(C)N)CC1)OO2. The molecule has 1 aromatic rings. The molecule has 45 heavy (non-hydrogen) atoms. The second-order valence-electron chi connectivity index (χ2n) is 15.1. The van der Waals surface area contributed by atoms with Gasteiger partial charge < -0.3 is 21.7 Å². The lowest BCUT2D eigenvalue weighted by Gasteiger charge is -2.55. The van der Waals surface area contributed by atoms with E-state index in [9.17, 15) is 18.8 Å². The topological polar surface area (TPSA) is 132 Å². The molecule has 2 spiro atoms. The van der Waals surface area contributed by atoms with Crippen molar-refractivity contribution in [3.05, 3.63) is 35.6 Å². The third kappa shape index (κ3) is 7.71. The molecule has 5 rings (SSSR count). The Balaban J connectivity index is 1.12. The minimum absolute atomic E-state index is 0.0689. The summed E-state index contributed by atoms with van der Waals surface area (Å²) in [6.45, 7) is 7.41. The quantitative estimate of drug-likeness (QED) is 0.203. The van der Waals surface area contributed by atoms with Crippen molar-refractivity contribution in [2.75, 3.05) is 19.6 Å². The molecule has 9 nitrogen and oxygen atoms in total. The average Bonchev–Trinajstić information content (AvgIpc) is 3.39. The summed E-state index contributed by atoms with van der Waals surface area (Å²) in [6.07, 6.45) is 11.1. The summed E-state index contributed by atoms with van der Waals surface area (Å²) in [5, 5.41) is 9.01. The molecule has 0 radical (unpaired) electrons. The summed E-state index contributed by atoms with van der Waals surface area (Å²) < 4.78 is 13.1. The first-order chi connectivity index (χ1) is 21.4. The second kappa shape index (κ2) is 13.7. The Bertz CT molecular complexity index is 1210. The largest absolute Gasteiger partial charge is 0.356 e. The third-order valence-corrected chi connectivity index (χ3v) is 11.1. The van der Waals surface area contributed by atoms with Gasteiger partial charge in [0.1, 0.15) is 17.0 Å². The molecule has 0 aromatic heterocycles. The Morgan fingerprint density at radius 2 is 1.69 bits per heavy atom. The lowest BCUT2D eigenvalue weighted by molar-refractivity contribution is -0.380. The van der Waals surface area contributed by atoms with Crippen molar-refractivity contribution >= 4 is 17.7 Å². The first kappa shape index (κ1) is 33.8. The zero-order chi connectivity index (χ0) is 32.3. The maximum atomic E-state index is 13.7. The van der Waals surface area contributed by atoms with Crippen LogP contribution >= 0.6 is 0 Å². The zero-order valence-electron chi connectivity index (χ0n) is 27.4. The molecule has 10 heteroatoms. The van der Waals surface area contributed by atoms with E-state index in [0.717, 1.165) is 70.6 Å². The van der Waals surface area contributed by atoms with Crippen LogP contribution in [0.25, 0.3) is 0 Å². The Kier molecular flexibility index (Phi) is 10.3. The van der Waals surface area contributed by atoms with Crippen LogP contribution in [0.5, 0.6) is 0 Å². The van der Waals surface area contributed by atoms with Crippen molar-refractivity contribution in [2.45, 2.75) is 121 Å². The van der Waals surface area contributed by atoms with E-state index in [1.54, 1.807) is 0 Å². The highest BCUT2D eigenvalue weighted by Crippen LogP contribution is 2.63. The van der Waals surface area contributed by atoms with E-state index in [0.29, 0.717) is 44.0 Å². The highest BCUT2D eigenvalue weighted by molar-refractivity contribution is 5.94. The minimum Gasteiger partial charge on any atom is -0.356 e. The molecule has 5 N–H and O–H groups in total. The number of halogens is 1. The first-order valence-electron chi connectivity index (χ1n) is 17.1. The van der Waals surface area contributed by atoms with Gasteiger partial charge in [0.05, 0.1) is 0 Å². The van der Waals surface area contributed by atoms with Crippen LogP contribution in [0.1, 0.15) is 115 Å². The van der Waals surface area contributed by atoms with Crippen LogP contribution in [-0.2, 0) is 19.4 Å². The summed E-state index contributed by atoms with van der Waals surface area (Å²) >= 11 is 0. The number of carbonyl (C=O) groups excluding carboxylic acids is 3. The van der Waals surface area contributed by atoms with Crippen LogP contribution in [0.4, 0.5) is 4.39 Å². The molecular formula is C35H53FN4O5. The smallest absolute Gasteiger partial charge is 0.251 e. The van der Waals surface area contributed by atoms with Crippen molar-refractivity contribution in [1.29, 1.82) is 0 Å². The fraction of sp³-hybridized carbons (Fsp3) is 0.743. The predicted molar refractivity (Wildman–Crippen MR) is 169 cm³/mol. The molecule has 4 fully saturated rings. The van der Waals surface area contributed by atoms with Crippen molar-refractivity contribution in [3.63, 3.8) is 0 Å². The molecular weight excluding hydrogens is 575 g/mol. The summed E-state index contributed by atoms with van der Waals surface area (Å²) in [5.74, 6) is 0.411. The maximum absolute atomic E-state index is 13.7. The Morgan fingerprint density at radius 3 is 2.38 bits per heavy atom. The number of amides is 3. The van der Waals surface area contributed by atoms with Crippen molar-refractivity contribution < 1.29 is 28.5 Å². The average molecular weight is 629 g/mol. The normalized spacial score (nSPS) is 32.8. The van der Waals surface area contributed by atoms with Gasteiger partial charge in [-0.05, 0) is 114 Å². The van der Waals surface area contributed by atoms with Crippen molar-refractivity contribution in [2.24, 2.45) is 28.9 Å². The molecule has 250 valence electrons. The van der Waals surface area contributed by atoms with E-state index >= 15 is 0 Å². The highest BCUT2D eigenvalue weighted by atomic mass is 19.1. The van der Waals surface area contributed by atoms with Gasteiger partial charge in [-0.15, -0.1) is 0 Å². The number of rotatable bonds is 11. The van der Waals surface area contributed by atoms with Crippen LogP contribution in [0.3, 0.4) is 0 Å². The van der Waals surface area contributed by atoms with E-state index in [2.05, 4.69) is 22.9 Å². The summed E-state index contributed by atoms with van der Waals surface area (Å²) in [4.78, 5) is 51.3. The number of carbonyl (C=O) groups is 3. The highest BCUT2D eigenvalue weighted by Gasteiger charge is 2.65. The van der Waals surface area contributed by atoms with Crippen LogP contribution < -0.4 is 21.7 Å². The third-order valence-electron chi connectivity index (χ3n) is 11.1. The van der Waals surface area contributed by atoms with E-state index in [1.165, 1.54) is 24.3 Å². The van der Waals surface area contributed by atoms with E-state index in [4.69, 9.17) is 15.5 Å². The monoisotopic (exact) mass is 628 g/mol. The van der Waals surface area contributed by atoms with E-state index < -0.39 is 11.0 Å². The standard InChI is InChI=1S/C35H53FN4O5/c1-4-26-20-33(31(43)39-18-6-17-38-30(42)25-8-10-28(36)11-9-25)14-5-7-27(21-33)35(26)22-34(44-45-35)15-12-24(13-16-34)19-29(41)40-23-32(2,3)37/h8-11,24,26-27H,4-7,12-23,37H2,1-3H3,(H,38,42)(H,39,43)(H,40,41)/t24?,26?,27?,33?,34?,35-/m0/s1. The van der Waals surface area contributed by atoms with Gasteiger partial charge in [0.25, 0.3) is 5.91 Å². The number of nitrogens with one attached hydrogen (secondary N) is 3. The summed E-state index contributed by atoms with van der Waals surface area (Å²) in [7, 11) is 0. The molecule has 1 heterocycles. The van der Waals surface area contributed by atoms with Crippen LogP contribution in [0, 0.1) is 29.0 Å². The lowest BCUT2D eigenvalue weighted by Crippen LogP contribution is -2.59.